The Morgan fingerprint density at radius 2 is 1.95 bits per heavy atom. The molecule has 2 heterocycles. The second-order valence-electron chi connectivity index (χ2n) is 10.4. The highest BCUT2D eigenvalue weighted by molar-refractivity contribution is 6.04. The van der Waals surface area contributed by atoms with Crippen LogP contribution in [-0.2, 0) is 9.53 Å². The number of piperazine rings is 1. The zero-order chi connectivity index (χ0) is 27.9. The summed E-state index contributed by atoms with van der Waals surface area (Å²) in [5.41, 5.74) is 2.09. The number of methoxy groups -OCH3 is 1. The second kappa shape index (κ2) is 12.8. The smallest absolute Gasteiger partial charge is 0.262 e. The molecule has 7 heteroatoms. The van der Waals surface area contributed by atoms with Gasteiger partial charge in [0.05, 0.1) is 0 Å². The third-order valence-electron chi connectivity index (χ3n) is 6.97. The summed E-state index contributed by atoms with van der Waals surface area (Å²) in [6.07, 6.45) is 4.96. The lowest BCUT2D eigenvalue weighted by molar-refractivity contribution is -0.118. The van der Waals surface area contributed by atoms with Crippen molar-refractivity contribution in [2.45, 2.75) is 39.7 Å². The molecule has 0 aliphatic carbocycles. The molecule has 38 heavy (non-hydrogen) atoms. The summed E-state index contributed by atoms with van der Waals surface area (Å²) >= 11 is 0. The third kappa shape index (κ3) is 7.25. The maximum Gasteiger partial charge on any atom is 0.262 e. The van der Waals surface area contributed by atoms with Crippen molar-refractivity contribution in [1.82, 2.24) is 15.1 Å². The number of benzene rings is 1. The number of carbonyl (C=O) groups is 1. The summed E-state index contributed by atoms with van der Waals surface area (Å²) in [7, 11) is 3.77. The Kier molecular flexibility index (Phi) is 9.73. The molecule has 7 nitrogen and oxygen atoms in total. The van der Waals surface area contributed by atoms with Gasteiger partial charge < -0.3 is 24.3 Å². The highest BCUT2D eigenvalue weighted by Crippen LogP contribution is 2.27. The molecule has 2 aromatic rings. The van der Waals surface area contributed by atoms with Gasteiger partial charge in [-0.15, -0.1) is 0 Å². The van der Waals surface area contributed by atoms with Crippen LogP contribution in [0.25, 0.3) is 29.6 Å². The van der Waals surface area contributed by atoms with Crippen molar-refractivity contribution in [3.63, 3.8) is 0 Å². The van der Waals surface area contributed by atoms with Crippen LogP contribution in [0.5, 0.6) is 0 Å². The molecule has 0 unspecified atom stereocenters. The molecule has 0 radical (unpaired) electrons. The van der Waals surface area contributed by atoms with Crippen LogP contribution < -0.4 is 15.8 Å². The number of rotatable bonds is 9. The number of likely N-dealkylation sites (N-methyl/N-ethyl adjacent to an activating group) is 1. The summed E-state index contributed by atoms with van der Waals surface area (Å²) in [6, 6.07) is 11.8. The number of nitriles is 1. The summed E-state index contributed by atoms with van der Waals surface area (Å²) in [5, 5.41) is 14.6. The van der Waals surface area contributed by atoms with Crippen molar-refractivity contribution in [3.05, 3.63) is 63.9 Å². The molecule has 0 saturated carbocycles. The molecule has 1 aliphatic heterocycles. The number of nitrogens with one attached hydrogen (secondary N) is 1. The normalized spacial score (nSPS) is 16.3. The number of hydrogen-bond donors (Lipinski definition) is 1. The molecule has 0 atom stereocenters. The minimum Gasteiger partial charge on any atom is -0.456 e. The van der Waals surface area contributed by atoms with Crippen LogP contribution in [0, 0.1) is 11.3 Å². The lowest BCUT2D eigenvalue weighted by atomic mass is 9.99. The first kappa shape index (κ1) is 29.0. The van der Waals surface area contributed by atoms with Crippen LogP contribution in [0.15, 0.2) is 52.1 Å². The van der Waals surface area contributed by atoms with Gasteiger partial charge in [-0.05, 0) is 75.9 Å². The zero-order valence-corrected chi connectivity index (χ0v) is 23.6. The minimum absolute atomic E-state index is 0.0296. The van der Waals surface area contributed by atoms with Gasteiger partial charge in [0.1, 0.15) is 23.2 Å². The van der Waals surface area contributed by atoms with Gasteiger partial charge in [0.15, 0.2) is 0 Å². The van der Waals surface area contributed by atoms with E-state index in [0.29, 0.717) is 30.1 Å². The van der Waals surface area contributed by atoms with E-state index in [2.05, 4.69) is 53.9 Å². The fraction of sp³-hybridized carbons (Fsp3) is 0.419. The first-order valence-electron chi connectivity index (χ1n) is 13.0. The summed E-state index contributed by atoms with van der Waals surface area (Å²) in [6.45, 7) is 16.5. The van der Waals surface area contributed by atoms with E-state index in [9.17, 15) is 10.1 Å². The molecule has 1 fully saturated rings. The Hall–Kier alpha value is -3.60. The van der Waals surface area contributed by atoms with E-state index in [1.807, 2.05) is 38.1 Å². The quantitative estimate of drug-likeness (QED) is 0.406. The molecular formula is C31H40N4O3. The average Bonchev–Trinajstić information content (AvgIpc) is 3.38. The van der Waals surface area contributed by atoms with Gasteiger partial charge in [-0.1, -0.05) is 24.8 Å². The van der Waals surface area contributed by atoms with Crippen molar-refractivity contribution in [1.29, 1.82) is 5.26 Å². The van der Waals surface area contributed by atoms with Gasteiger partial charge in [0, 0.05) is 62.3 Å². The maximum atomic E-state index is 12.9. The monoisotopic (exact) mass is 516 g/mol. The van der Waals surface area contributed by atoms with Crippen LogP contribution in [0.3, 0.4) is 0 Å². The highest BCUT2D eigenvalue weighted by Gasteiger charge is 2.24. The number of furan rings is 1. The standard InChI is InChI=1S/C31H40N4O3/c1-8-26(35-16-14-34(6)15-17-35)20-24-9-10-25(19-22(24)2)29-12-11-28(38-29)23(3)27(21-32)30(36)33-31(4,5)13-18-37-7/h8-12,19-20H,2,13-18H2,1,3-7H3,(H,33,36)/b24-20-,26-8?,27-23+. The number of nitrogens with zero attached hydrogens (tertiary/aromatic N) is 3. The molecule has 1 aliphatic rings. The molecular weight excluding hydrogens is 476 g/mol. The van der Waals surface area contributed by atoms with Crippen LogP contribution in [0.1, 0.15) is 39.9 Å². The summed E-state index contributed by atoms with van der Waals surface area (Å²) in [5.74, 6) is 0.706. The second-order valence-corrected chi connectivity index (χ2v) is 10.4. The Morgan fingerprint density at radius 3 is 2.55 bits per heavy atom. The Bertz CT molecular complexity index is 1350. The number of allylic oxidation sites excluding steroid dienone is 3. The van der Waals surface area contributed by atoms with Crippen molar-refractivity contribution >= 4 is 24.1 Å². The Balaban J connectivity index is 1.82. The van der Waals surface area contributed by atoms with Gasteiger partial charge in [0.25, 0.3) is 5.91 Å². The predicted octanol–water partition coefficient (Wildman–Crippen LogP) is 3.52. The van der Waals surface area contributed by atoms with E-state index in [0.717, 1.165) is 42.2 Å². The number of amides is 1. The molecule has 0 spiro atoms. The van der Waals surface area contributed by atoms with E-state index in [1.54, 1.807) is 20.1 Å². The lowest BCUT2D eigenvalue weighted by Gasteiger charge is -2.34. The molecule has 1 amide bonds. The van der Waals surface area contributed by atoms with Crippen molar-refractivity contribution < 1.29 is 13.9 Å². The first-order chi connectivity index (χ1) is 18.1. The maximum absolute atomic E-state index is 12.9. The molecule has 1 aromatic carbocycles. The number of carbonyl (C=O) groups excluding carboxylic acids is 1. The average molecular weight is 517 g/mol. The third-order valence-corrected chi connectivity index (χ3v) is 6.97. The van der Waals surface area contributed by atoms with Crippen molar-refractivity contribution in [3.8, 4) is 17.4 Å². The summed E-state index contributed by atoms with van der Waals surface area (Å²) in [4.78, 5) is 17.6. The number of ether oxygens (including phenoxy) is 1. The van der Waals surface area contributed by atoms with Crippen LogP contribution in [-0.4, -0.2) is 68.2 Å². The minimum atomic E-state index is -0.510. The Morgan fingerprint density at radius 1 is 1.24 bits per heavy atom. The first-order valence-corrected chi connectivity index (χ1v) is 13.0. The molecule has 1 saturated heterocycles. The van der Waals surface area contributed by atoms with Crippen molar-refractivity contribution in [2.75, 3.05) is 46.9 Å². The van der Waals surface area contributed by atoms with Gasteiger partial charge in [0.2, 0.25) is 0 Å². The van der Waals surface area contributed by atoms with Gasteiger partial charge in [-0.2, -0.15) is 5.26 Å². The largest absolute Gasteiger partial charge is 0.456 e. The van der Waals surface area contributed by atoms with Gasteiger partial charge >= 0.3 is 0 Å². The molecule has 1 aromatic heterocycles. The van der Waals surface area contributed by atoms with Crippen LogP contribution in [0.4, 0.5) is 0 Å². The number of hydrogen-bond acceptors (Lipinski definition) is 6. The Labute approximate surface area is 226 Å². The van der Waals surface area contributed by atoms with E-state index in [4.69, 9.17) is 9.15 Å². The van der Waals surface area contributed by atoms with E-state index >= 15 is 0 Å². The van der Waals surface area contributed by atoms with Crippen LogP contribution in [0.2, 0.25) is 0 Å². The summed E-state index contributed by atoms with van der Waals surface area (Å²) < 4.78 is 11.2. The molecule has 3 rings (SSSR count). The molecule has 1 N–H and O–H groups in total. The molecule has 0 bridgehead atoms. The van der Waals surface area contributed by atoms with E-state index in [-0.39, 0.29) is 5.57 Å². The molecule has 202 valence electrons. The SMILES string of the molecule is C=c1cc(-c2ccc(/C(C)=C(\C#N)C(=O)NC(C)(C)CCOC)o2)cc/c1=C/C(=CC)N1CCN(C)CC1. The van der Waals surface area contributed by atoms with Crippen molar-refractivity contribution in [2.24, 2.45) is 0 Å². The predicted molar refractivity (Wildman–Crippen MR) is 153 cm³/mol. The van der Waals surface area contributed by atoms with E-state index < -0.39 is 11.4 Å². The van der Waals surface area contributed by atoms with Crippen LogP contribution >= 0.6 is 0 Å². The fourth-order valence-electron chi connectivity index (χ4n) is 4.39. The lowest BCUT2D eigenvalue weighted by Crippen LogP contribution is -2.44. The zero-order valence-electron chi connectivity index (χ0n) is 23.6. The topological polar surface area (TPSA) is 81.7 Å². The fourth-order valence-corrected chi connectivity index (χ4v) is 4.39. The van der Waals surface area contributed by atoms with Gasteiger partial charge in [-0.3, -0.25) is 4.79 Å². The van der Waals surface area contributed by atoms with Gasteiger partial charge in [-0.25, -0.2) is 0 Å². The highest BCUT2D eigenvalue weighted by atomic mass is 16.5. The van der Waals surface area contributed by atoms with E-state index in [1.165, 1.54) is 5.70 Å².